The molecule has 0 aromatic heterocycles. The molecule has 3 amide bonds. The van der Waals surface area contributed by atoms with Gasteiger partial charge in [0.05, 0.1) is 13.7 Å². The highest BCUT2D eigenvalue weighted by Gasteiger charge is 2.51. The van der Waals surface area contributed by atoms with E-state index in [1.807, 2.05) is 41.3 Å². The second-order valence-electron chi connectivity index (χ2n) is 9.27. The van der Waals surface area contributed by atoms with Crippen LogP contribution in [0.4, 0.5) is 5.69 Å². The Morgan fingerprint density at radius 1 is 1.03 bits per heavy atom. The van der Waals surface area contributed by atoms with Gasteiger partial charge in [0.2, 0.25) is 5.91 Å². The summed E-state index contributed by atoms with van der Waals surface area (Å²) in [6, 6.07) is 15.0. The number of piperazine rings is 1. The SMILES string of the molecule is COc1cccc(C(=O)N2CCN(CC(=O)N3CCCC34Cc3ccccc3NC4=O)CC2)c1. The number of benzene rings is 2. The third-order valence-corrected chi connectivity index (χ3v) is 7.30. The van der Waals surface area contributed by atoms with Crippen LogP contribution in [0.25, 0.3) is 0 Å². The summed E-state index contributed by atoms with van der Waals surface area (Å²) in [4.78, 5) is 45.1. The molecule has 0 bridgehead atoms. The molecule has 1 N–H and O–H groups in total. The van der Waals surface area contributed by atoms with Crippen molar-refractivity contribution in [3.8, 4) is 5.75 Å². The molecule has 3 aliphatic heterocycles. The molecule has 3 heterocycles. The van der Waals surface area contributed by atoms with Crippen LogP contribution in [-0.4, -0.2) is 84.3 Å². The van der Waals surface area contributed by atoms with Crippen LogP contribution in [-0.2, 0) is 16.0 Å². The lowest BCUT2D eigenvalue weighted by atomic mass is 9.83. The number of hydrogen-bond donors (Lipinski definition) is 1. The van der Waals surface area contributed by atoms with Gasteiger partial charge in [-0.3, -0.25) is 19.3 Å². The number of amides is 3. The van der Waals surface area contributed by atoms with Crippen LogP contribution in [0.3, 0.4) is 0 Å². The van der Waals surface area contributed by atoms with Crippen LogP contribution in [0.2, 0.25) is 0 Å². The van der Waals surface area contributed by atoms with E-state index in [2.05, 4.69) is 10.2 Å². The topological polar surface area (TPSA) is 82.2 Å². The van der Waals surface area contributed by atoms with E-state index in [0.717, 1.165) is 17.7 Å². The summed E-state index contributed by atoms with van der Waals surface area (Å²) < 4.78 is 5.23. The number of likely N-dealkylation sites (tertiary alicyclic amines) is 1. The van der Waals surface area contributed by atoms with Crippen LogP contribution in [0, 0.1) is 0 Å². The Morgan fingerprint density at radius 3 is 2.62 bits per heavy atom. The van der Waals surface area contributed by atoms with Gasteiger partial charge in [0.25, 0.3) is 11.8 Å². The Hall–Kier alpha value is -3.39. The van der Waals surface area contributed by atoms with Gasteiger partial charge in [-0.05, 0) is 42.7 Å². The van der Waals surface area contributed by atoms with Crippen molar-refractivity contribution < 1.29 is 19.1 Å². The lowest BCUT2D eigenvalue weighted by Crippen LogP contribution is -2.60. The molecule has 8 nitrogen and oxygen atoms in total. The Balaban J connectivity index is 1.21. The Bertz CT molecular complexity index is 1110. The number of carbonyl (C=O) groups is 3. The van der Waals surface area contributed by atoms with Gasteiger partial charge < -0.3 is 19.9 Å². The van der Waals surface area contributed by atoms with Crippen molar-refractivity contribution >= 4 is 23.4 Å². The van der Waals surface area contributed by atoms with Gasteiger partial charge >= 0.3 is 0 Å². The molecular weight excluding hydrogens is 432 g/mol. The lowest BCUT2D eigenvalue weighted by molar-refractivity contribution is -0.144. The highest BCUT2D eigenvalue weighted by atomic mass is 16.5. The number of nitrogens with zero attached hydrogens (tertiary/aromatic N) is 3. The molecule has 2 saturated heterocycles. The molecule has 3 aliphatic rings. The predicted molar refractivity (Wildman–Crippen MR) is 128 cm³/mol. The number of methoxy groups -OCH3 is 1. The van der Waals surface area contributed by atoms with Gasteiger partial charge in [0.1, 0.15) is 11.3 Å². The molecule has 1 unspecified atom stereocenters. The summed E-state index contributed by atoms with van der Waals surface area (Å²) in [6.45, 7) is 3.22. The summed E-state index contributed by atoms with van der Waals surface area (Å²) in [5, 5.41) is 3.02. The Labute approximate surface area is 199 Å². The minimum atomic E-state index is -0.796. The monoisotopic (exact) mass is 462 g/mol. The number of rotatable bonds is 4. The summed E-state index contributed by atoms with van der Waals surface area (Å²) in [5.74, 6) is 0.537. The quantitative estimate of drug-likeness (QED) is 0.752. The maximum atomic E-state index is 13.4. The van der Waals surface area contributed by atoms with Crippen molar-refractivity contribution in [2.75, 3.05) is 51.7 Å². The first-order valence-electron chi connectivity index (χ1n) is 11.9. The van der Waals surface area contributed by atoms with Gasteiger partial charge in [-0.2, -0.15) is 0 Å². The van der Waals surface area contributed by atoms with E-state index < -0.39 is 5.54 Å². The van der Waals surface area contributed by atoms with Gasteiger partial charge in [-0.15, -0.1) is 0 Å². The van der Waals surface area contributed by atoms with E-state index in [4.69, 9.17) is 4.74 Å². The molecule has 2 aromatic carbocycles. The molecular formula is C26H30N4O4. The van der Waals surface area contributed by atoms with E-state index in [1.54, 1.807) is 24.1 Å². The minimum Gasteiger partial charge on any atom is -0.497 e. The summed E-state index contributed by atoms with van der Waals surface area (Å²) >= 11 is 0. The van der Waals surface area contributed by atoms with E-state index in [0.29, 0.717) is 56.9 Å². The average molecular weight is 463 g/mol. The maximum Gasteiger partial charge on any atom is 0.254 e. The van der Waals surface area contributed by atoms with Crippen LogP contribution in [0.1, 0.15) is 28.8 Å². The smallest absolute Gasteiger partial charge is 0.254 e. The second-order valence-corrected chi connectivity index (χ2v) is 9.27. The van der Waals surface area contributed by atoms with Gasteiger partial charge in [-0.25, -0.2) is 0 Å². The van der Waals surface area contributed by atoms with Gasteiger partial charge in [0, 0.05) is 50.4 Å². The maximum absolute atomic E-state index is 13.4. The first kappa shape index (κ1) is 22.4. The van der Waals surface area contributed by atoms with Crippen molar-refractivity contribution in [1.29, 1.82) is 0 Å². The third kappa shape index (κ3) is 4.03. The van der Waals surface area contributed by atoms with Crippen LogP contribution in [0.5, 0.6) is 5.75 Å². The first-order chi connectivity index (χ1) is 16.5. The van der Waals surface area contributed by atoms with Crippen LogP contribution in [0.15, 0.2) is 48.5 Å². The average Bonchev–Trinajstić information content (AvgIpc) is 3.29. The standard InChI is InChI=1S/C26H30N4O4/c1-34-21-8-4-7-19(16-21)24(32)29-14-12-28(13-15-29)18-23(31)30-11-5-10-26(30)17-20-6-2-3-9-22(20)27-25(26)33/h2-4,6-9,16H,5,10-15,17-18H2,1H3,(H,27,33). The molecule has 1 atom stereocenters. The Kier molecular flexibility index (Phi) is 6.00. The van der Waals surface area contributed by atoms with E-state index in [1.165, 1.54) is 0 Å². The number of ether oxygens (including phenoxy) is 1. The van der Waals surface area contributed by atoms with Gasteiger partial charge in [0.15, 0.2) is 0 Å². The van der Waals surface area contributed by atoms with E-state index in [9.17, 15) is 14.4 Å². The summed E-state index contributed by atoms with van der Waals surface area (Å²) in [6.07, 6.45) is 2.06. The number of hydrogen-bond acceptors (Lipinski definition) is 5. The van der Waals surface area contributed by atoms with Crippen molar-refractivity contribution in [2.45, 2.75) is 24.8 Å². The molecule has 2 fully saturated rings. The fourth-order valence-electron chi connectivity index (χ4n) is 5.42. The highest BCUT2D eigenvalue weighted by molar-refractivity contribution is 6.04. The van der Waals surface area contributed by atoms with Crippen LogP contribution >= 0.6 is 0 Å². The van der Waals surface area contributed by atoms with E-state index >= 15 is 0 Å². The first-order valence-corrected chi connectivity index (χ1v) is 11.9. The fourth-order valence-corrected chi connectivity index (χ4v) is 5.42. The second kappa shape index (κ2) is 9.10. The molecule has 0 radical (unpaired) electrons. The summed E-state index contributed by atoms with van der Waals surface area (Å²) in [7, 11) is 1.58. The normalized spacial score (nSPS) is 22.4. The molecule has 8 heteroatoms. The summed E-state index contributed by atoms with van der Waals surface area (Å²) in [5.41, 5.74) is 1.72. The minimum absolute atomic E-state index is 0.0143. The number of anilines is 1. The Morgan fingerprint density at radius 2 is 1.82 bits per heavy atom. The van der Waals surface area contributed by atoms with Crippen molar-refractivity contribution in [3.63, 3.8) is 0 Å². The number of para-hydroxylation sites is 1. The predicted octanol–water partition coefficient (Wildman–Crippen LogP) is 2.01. The fraction of sp³-hybridized carbons (Fsp3) is 0.423. The lowest BCUT2D eigenvalue weighted by Gasteiger charge is -2.42. The molecule has 1 spiro atoms. The third-order valence-electron chi connectivity index (χ3n) is 7.30. The molecule has 34 heavy (non-hydrogen) atoms. The molecule has 2 aromatic rings. The largest absolute Gasteiger partial charge is 0.497 e. The van der Waals surface area contributed by atoms with E-state index in [-0.39, 0.29) is 24.3 Å². The zero-order valence-electron chi connectivity index (χ0n) is 19.5. The van der Waals surface area contributed by atoms with Crippen LogP contribution < -0.4 is 10.1 Å². The van der Waals surface area contributed by atoms with Crippen molar-refractivity contribution in [2.24, 2.45) is 0 Å². The number of carbonyl (C=O) groups excluding carboxylic acids is 3. The molecule has 5 rings (SSSR count). The van der Waals surface area contributed by atoms with Crippen molar-refractivity contribution in [3.05, 3.63) is 59.7 Å². The number of nitrogens with one attached hydrogen (secondary N) is 1. The number of fused-ring (bicyclic) bond motifs is 1. The van der Waals surface area contributed by atoms with Gasteiger partial charge in [-0.1, -0.05) is 24.3 Å². The zero-order chi connectivity index (χ0) is 23.7. The molecule has 0 aliphatic carbocycles. The molecule has 0 saturated carbocycles. The molecule has 178 valence electrons. The van der Waals surface area contributed by atoms with Crippen molar-refractivity contribution in [1.82, 2.24) is 14.7 Å². The zero-order valence-corrected chi connectivity index (χ0v) is 19.5. The highest BCUT2D eigenvalue weighted by Crippen LogP contribution is 2.39.